The molecule has 4 nitrogen and oxygen atoms in total. The van der Waals surface area contributed by atoms with Crippen LogP contribution in [0.2, 0.25) is 0 Å². The largest absolute Gasteiger partial charge is 0.481 e. The molecule has 4 heteroatoms. The summed E-state index contributed by atoms with van der Waals surface area (Å²) >= 11 is 0. The Morgan fingerprint density at radius 2 is 2.31 bits per heavy atom. The minimum absolute atomic E-state index is 0.141. The molecular formula is C12H11NO3. The highest BCUT2D eigenvalue weighted by Crippen LogP contribution is 2.28. The van der Waals surface area contributed by atoms with Gasteiger partial charge in [0.25, 0.3) is 0 Å². The topological polar surface area (TPSA) is 66.4 Å². The summed E-state index contributed by atoms with van der Waals surface area (Å²) in [5, 5.41) is 11.9. The molecule has 1 aliphatic rings. The first-order valence-electron chi connectivity index (χ1n) is 4.91. The van der Waals surface area contributed by atoms with Crippen molar-refractivity contribution in [2.75, 3.05) is 11.9 Å². The van der Waals surface area contributed by atoms with E-state index in [0.717, 1.165) is 0 Å². The van der Waals surface area contributed by atoms with Crippen LogP contribution < -0.4 is 5.32 Å². The third-order valence-corrected chi connectivity index (χ3v) is 2.67. The first-order chi connectivity index (χ1) is 7.65. The Bertz CT molecular complexity index is 479. The fraction of sp³-hybridized carbons (Fsp3) is 0.167. The predicted octanol–water partition coefficient (Wildman–Crippen LogP) is 1.64. The van der Waals surface area contributed by atoms with Gasteiger partial charge in [0.05, 0.1) is 0 Å². The Morgan fingerprint density at radius 1 is 1.56 bits per heavy atom. The lowest BCUT2D eigenvalue weighted by molar-refractivity contribution is -0.139. The fourth-order valence-corrected chi connectivity index (χ4v) is 1.84. The summed E-state index contributed by atoms with van der Waals surface area (Å²) in [5.74, 6) is -2.45. The summed E-state index contributed by atoms with van der Waals surface area (Å²) in [4.78, 5) is 22.9. The van der Waals surface area contributed by atoms with E-state index in [1.165, 1.54) is 0 Å². The van der Waals surface area contributed by atoms with Gasteiger partial charge in [-0.2, -0.15) is 0 Å². The van der Waals surface area contributed by atoms with Gasteiger partial charge in [-0.25, -0.2) is 0 Å². The maximum atomic E-state index is 12.0. The zero-order valence-corrected chi connectivity index (χ0v) is 8.56. The highest BCUT2D eigenvalue weighted by Gasteiger charge is 2.33. The molecule has 0 saturated carbocycles. The number of carboxylic acid groups (broad SMARTS) is 1. The standard InChI is InChI=1S/C12H11NO3/c1-2-7-4-3-5-9-10(7)11(14)8(6-13-9)12(15)16/h2-5,8,13H,1,6H2,(H,15,16). The van der Waals surface area contributed by atoms with E-state index in [4.69, 9.17) is 5.11 Å². The molecule has 0 aromatic heterocycles. The Kier molecular flexibility index (Phi) is 2.48. The number of carboxylic acids is 1. The maximum absolute atomic E-state index is 12.0. The second-order valence-corrected chi connectivity index (χ2v) is 3.61. The van der Waals surface area contributed by atoms with E-state index in [0.29, 0.717) is 16.8 Å². The van der Waals surface area contributed by atoms with Gasteiger partial charge < -0.3 is 10.4 Å². The van der Waals surface area contributed by atoms with Crippen molar-refractivity contribution in [1.82, 2.24) is 0 Å². The highest BCUT2D eigenvalue weighted by atomic mass is 16.4. The van der Waals surface area contributed by atoms with Crippen molar-refractivity contribution in [3.8, 4) is 0 Å². The van der Waals surface area contributed by atoms with Gasteiger partial charge in [0.1, 0.15) is 5.92 Å². The van der Waals surface area contributed by atoms with Crippen LogP contribution in [0.1, 0.15) is 15.9 Å². The monoisotopic (exact) mass is 217 g/mol. The molecule has 1 aromatic rings. The van der Waals surface area contributed by atoms with Crippen LogP contribution in [0.15, 0.2) is 24.8 Å². The molecule has 1 heterocycles. The summed E-state index contributed by atoms with van der Waals surface area (Å²) in [6.45, 7) is 3.76. The molecule has 1 aromatic carbocycles. The van der Waals surface area contributed by atoms with Crippen LogP contribution in [-0.2, 0) is 4.79 Å². The summed E-state index contributed by atoms with van der Waals surface area (Å²) in [6.07, 6.45) is 1.56. The minimum atomic E-state index is -1.10. The van der Waals surface area contributed by atoms with Crippen LogP contribution >= 0.6 is 0 Å². The molecule has 1 aliphatic heterocycles. The molecule has 0 spiro atoms. The van der Waals surface area contributed by atoms with Gasteiger partial charge in [0, 0.05) is 17.8 Å². The Hall–Kier alpha value is -2.10. The van der Waals surface area contributed by atoms with Crippen LogP contribution in [0.4, 0.5) is 5.69 Å². The van der Waals surface area contributed by atoms with E-state index in [1.54, 1.807) is 24.3 Å². The first-order valence-corrected chi connectivity index (χ1v) is 4.91. The Labute approximate surface area is 92.6 Å². The van der Waals surface area contributed by atoms with Crippen molar-refractivity contribution in [2.45, 2.75) is 0 Å². The second-order valence-electron chi connectivity index (χ2n) is 3.61. The quantitative estimate of drug-likeness (QED) is 0.739. The number of nitrogens with one attached hydrogen (secondary N) is 1. The van der Waals surface area contributed by atoms with Gasteiger partial charge >= 0.3 is 5.97 Å². The van der Waals surface area contributed by atoms with E-state index >= 15 is 0 Å². The highest BCUT2D eigenvalue weighted by molar-refractivity contribution is 6.14. The number of Topliss-reactive ketones (excluding diaryl/α,β-unsaturated/α-hetero) is 1. The Morgan fingerprint density at radius 3 is 2.94 bits per heavy atom. The summed E-state index contributed by atoms with van der Waals surface area (Å²) in [5.41, 5.74) is 1.78. The Balaban J connectivity index is 2.54. The lowest BCUT2D eigenvalue weighted by Gasteiger charge is -2.23. The summed E-state index contributed by atoms with van der Waals surface area (Å²) in [7, 11) is 0. The first kappa shape index (κ1) is 10.4. The molecule has 0 bridgehead atoms. The number of rotatable bonds is 2. The van der Waals surface area contributed by atoms with Crippen molar-refractivity contribution in [2.24, 2.45) is 5.92 Å². The van der Waals surface area contributed by atoms with Crippen molar-refractivity contribution in [1.29, 1.82) is 0 Å². The van der Waals surface area contributed by atoms with E-state index in [-0.39, 0.29) is 12.3 Å². The number of hydrogen-bond acceptors (Lipinski definition) is 3. The van der Waals surface area contributed by atoms with Gasteiger partial charge in [0.2, 0.25) is 0 Å². The molecule has 0 amide bonds. The van der Waals surface area contributed by atoms with Gasteiger partial charge in [-0.15, -0.1) is 0 Å². The smallest absolute Gasteiger partial charge is 0.316 e. The fourth-order valence-electron chi connectivity index (χ4n) is 1.84. The van der Waals surface area contributed by atoms with Crippen LogP contribution in [0.5, 0.6) is 0 Å². The second kappa shape index (κ2) is 3.81. The average molecular weight is 217 g/mol. The number of hydrogen-bond donors (Lipinski definition) is 2. The normalized spacial score (nSPS) is 18.5. The molecule has 1 atom stereocenters. The molecule has 0 saturated heterocycles. The molecule has 0 aliphatic carbocycles. The zero-order valence-electron chi connectivity index (χ0n) is 8.56. The van der Waals surface area contributed by atoms with Gasteiger partial charge in [0.15, 0.2) is 5.78 Å². The minimum Gasteiger partial charge on any atom is -0.481 e. The van der Waals surface area contributed by atoms with Crippen LogP contribution in [0.25, 0.3) is 6.08 Å². The lowest BCUT2D eigenvalue weighted by atomic mass is 9.89. The van der Waals surface area contributed by atoms with Crippen LogP contribution in [0, 0.1) is 5.92 Å². The third-order valence-electron chi connectivity index (χ3n) is 2.67. The average Bonchev–Trinajstić information content (AvgIpc) is 2.28. The molecule has 82 valence electrons. The third kappa shape index (κ3) is 1.48. The number of anilines is 1. The molecule has 0 radical (unpaired) electrons. The molecule has 0 fully saturated rings. The van der Waals surface area contributed by atoms with E-state index < -0.39 is 11.9 Å². The number of carbonyl (C=O) groups excluding carboxylic acids is 1. The molecule has 1 unspecified atom stereocenters. The van der Waals surface area contributed by atoms with Crippen molar-refractivity contribution < 1.29 is 14.7 Å². The van der Waals surface area contributed by atoms with Gasteiger partial charge in [-0.1, -0.05) is 24.8 Å². The number of aliphatic carboxylic acids is 1. The number of carbonyl (C=O) groups is 2. The zero-order chi connectivity index (χ0) is 11.7. The van der Waals surface area contributed by atoms with E-state index in [2.05, 4.69) is 11.9 Å². The van der Waals surface area contributed by atoms with E-state index in [9.17, 15) is 9.59 Å². The van der Waals surface area contributed by atoms with Gasteiger partial charge in [-0.05, 0) is 11.6 Å². The summed E-state index contributed by atoms with van der Waals surface area (Å²) in [6, 6.07) is 5.31. The van der Waals surface area contributed by atoms with Crippen LogP contribution in [-0.4, -0.2) is 23.4 Å². The molecular weight excluding hydrogens is 206 g/mol. The van der Waals surface area contributed by atoms with Crippen molar-refractivity contribution in [3.05, 3.63) is 35.9 Å². The van der Waals surface area contributed by atoms with Crippen LogP contribution in [0.3, 0.4) is 0 Å². The molecule has 2 rings (SSSR count). The SMILES string of the molecule is C=Cc1cccc2c1C(=O)C(C(=O)O)CN2. The van der Waals surface area contributed by atoms with Gasteiger partial charge in [-0.3, -0.25) is 9.59 Å². The molecule has 16 heavy (non-hydrogen) atoms. The number of ketones is 1. The molecule has 2 N–H and O–H groups in total. The lowest BCUT2D eigenvalue weighted by Crippen LogP contribution is -2.35. The summed E-state index contributed by atoms with van der Waals surface area (Å²) < 4.78 is 0. The van der Waals surface area contributed by atoms with E-state index in [1.807, 2.05) is 0 Å². The number of fused-ring (bicyclic) bond motifs is 1. The number of benzene rings is 1. The maximum Gasteiger partial charge on any atom is 0.316 e. The van der Waals surface area contributed by atoms with Crippen molar-refractivity contribution >= 4 is 23.5 Å². The van der Waals surface area contributed by atoms with Crippen molar-refractivity contribution in [3.63, 3.8) is 0 Å². The predicted molar refractivity (Wildman–Crippen MR) is 60.5 cm³/mol.